The number of aromatic nitrogens is 4. The highest BCUT2D eigenvalue weighted by Gasteiger charge is 2.24. The van der Waals surface area contributed by atoms with Gasteiger partial charge in [-0.25, -0.2) is 0 Å². The number of methoxy groups -OCH3 is 1. The van der Waals surface area contributed by atoms with Gasteiger partial charge < -0.3 is 14.4 Å². The molecule has 1 aliphatic heterocycles. The largest absolute Gasteiger partial charge is 0.494 e. The molecule has 0 spiro atoms. The Kier molecular flexibility index (Phi) is 3.03. The van der Waals surface area contributed by atoms with Crippen molar-refractivity contribution in [2.24, 2.45) is 0 Å². The van der Waals surface area contributed by atoms with E-state index in [4.69, 9.17) is 9.47 Å². The van der Waals surface area contributed by atoms with E-state index >= 15 is 0 Å². The Balaban J connectivity index is 1.73. The quantitative estimate of drug-likeness (QED) is 0.730. The fourth-order valence-corrected chi connectivity index (χ4v) is 2.69. The molecule has 2 aromatic heterocycles. The third kappa shape index (κ3) is 2.02. The Morgan fingerprint density at radius 1 is 1.23 bits per heavy atom. The van der Waals surface area contributed by atoms with E-state index in [1.165, 1.54) is 0 Å². The van der Waals surface area contributed by atoms with Gasteiger partial charge in [-0.1, -0.05) is 6.07 Å². The summed E-state index contributed by atoms with van der Waals surface area (Å²) in [4.78, 5) is 2.18. The first-order chi connectivity index (χ1) is 10.9. The summed E-state index contributed by atoms with van der Waals surface area (Å²) in [7, 11) is 1.66. The van der Waals surface area contributed by atoms with Crippen molar-refractivity contribution in [3.05, 3.63) is 42.4 Å². The van der Waals surface area contributed by atoms with Crippen LogP contribution in [0, 0.1) is 0 Å². The number of nitrogens with zero attached hydrogens (tertiary/aromatic N) is 5. The number of benzene rings is 1. The van der Waals surface area contributed by atoms with Crippen molar-refractivity contribution in [2.75, 3.05) is 25.2 Å². The van der Waals surface area contributed by atoms with Crippen molar-refractivity contribution in [3.8, 4) is 11.5 Å². The topological polar surface area (TPSA) is 64.8 Å². The molecule has 3 heterocycles. The number of fused-ring (bicyclic) bond motifs is 2. The van der Waals surface area contributed by atoms with Gasteiger partial charge in [-0.2, -0.15) is 9.61 Å². The Hall–Kier alpha value is -2.83. The molecule has 3 aromatic rings. The lowest BCUT2D eigenvalue weighted by molar-refractivity contribution is 0.301. The predicted molar refractivity (Wildman–Crippen MR) is 80.3 cm³/mol. The smallest absolute Gasteiger partial charge is 0.177 e. The van der Waals surface area contributed by atoms with Gasteiger partial charge in [0.2, 0.25) is 0 Å². The normalized spacial score (nSPS) is 13.8. The third-order valence-corrected chi connectivity index (χ3v) is 3.69. The highest BCUT2D eigenvalue weighted by molar-refractivity contribution is 5.68. The van der Waals surface area contributed by atoms with Crippen molar-refractivity contribution in [2.45, 2.75) is 6.54 Å². The van der Waals surface area contributed by atoms with Gasteiger partial charge in [0.15, 0.2) is 11.5 Å². The predicted octanol–water partition coefficient (Wildman–Crippen LogP) is 1.53. The summed E-state index contributed by atoms with van der Waals surface area (Å²) in [6.45, 7) is 1.98. The van der Waals surface area contributed by atoms with Crippen molar-refractivity contribution in [1.29, 1.82) is 0 Å². The van der Waals surface area contributed by atoms with Gasteiger partial charge in [-0.3, -0.25) is 0 Å². The minimum atomic E-state index is 0.592. The van der Waals surface area contributed by atoms with Gasteiger partial charge >= 0.3 is 0 Å². The van der Waals surface area contributed by atoms with E-state index in [2.05, 4.69) is 20.2 Å². The second-order valence-corrected chi connectivity index (χ2v) is 4.99. The molecule has 0 fully saturated rings. The summed E-state index contributed by atoms with van der Waals surface area (Å²) in [6, 6.07) is 9.54. The zero-order valence-corrected chi connectivity index (χ0v) is 12.1. The zero-order chi connectivity index (χ0) is 14.9. The summed E-state index contributed by atoms with van der Waals surface area (Å²) in [6.07, 6.45) is 1.73. The molecule has 4 rings (SSSR count). The van der Waals surface area contributed by atoms with Gasteiger partial charge in [-0.15, -0.1) is 10.2 Å². The van der Waals surface area contributed by atoms with Crippen LogP contribution >= 0.6 is 0 Å². The summed E-state index contributed by atoms with van der Waals surface area (Å²) >= 11 is 0. The molecule has 112 valence electrons. The molecule has 22 heavy (non-hydrogen) atoms. The molecule has 0 amide bonds. The van der Waals surface area contributed by atoms with Gasteiger partial charge in [0, 0.05) is 6.20 Å². The first-order valence-electron chi connectivity index (χ1n) is 7.07. The summed E-state index contributed by atoms with van der Waals surface area (Å²) in [5, 5.41) is 12.7. The van der Waals surface area contributed by atoms with Gasteiger partial charge in [0.05, 0.1) is 20.2 Å². The van der Waals surface area contributed by atoms with Gasteiger partial charge in [0.1, 0.15) is 23.8 Å². The number of para-hydroxylation sites is 1. The van der Waals surface area contributed by atoms with E-state index in [-0.39, 0.29) is 0 Å². The number of rotatable bonds is 3. The van der Waals surface area contributed by atoms with Crippen LogP contribution in [0.2, 0.25) is 0 Å². The standard InChI is InChI=1S/C15H15N5O2/c1-21-11-4-2-5-12-15(11)19(8-9-22-12)10-14-18-17-13-6-3-7-16-20(13)14/h2-7H,8-10H2,1H3. The first kappa shape index (κ1) is 12.9. The molecule has 0 N–H and O–H groups in total. The Labute approximate surface area is 127 Å². The maximum absolute atomic E-state index is 5.72. The maximum Gasteiger partial charge on any atom is 0.177 e. The van der Waals surface area contributed by atoms with Crippen LogP contribution in [-0.4, -0.2) is 40.1 Å². The van der Waals surface area contributed by atoms with Crippen LogP contribution in [0.4, 0.5) is 5.69 Å². The molecule has 1 aromatic carbocycles. The second-order valence-electron chi connectivity index (χ2n) is 4.99. The van der Waals surface area contributed by atoms with Gasteiger partial charge in [0.25, 0.3) is 0 Å². The minimum absolute atomic E-state index is 0.592. The van der Waals surface area contributed by atoms with E-state index in [9.17, 15) is 0 Å². The lowest BCUT2D eigenvalue weighted by Crippen LogP contribution is -2.33. The lowest BCUT2D eigenvalue weighted by Gasteiger charge is -2.31. The van der Waals surface area contributed by atoms with Crippen LogP contribution in [0.3, 0.4) is 0 Å². The van der Waals surface area contributed by atoms with Crippen molar-refractivity contribution in [3.63, 3.8) is 0 Å². The number of ether oxygens (including phenoxy) is 2. The highest BCUT2D eigenvalue weighted by Crippen LogP contribution is 2.40. The van der Waals surface area contributed by atoms with Crippen LogP contribution in [0.15, 0.2) is 36.5 Å². The lowest BCUT2D eigenvalue weighted by atomic mass is 10.2. The Morgan fingerprint density at radius 2 is 2.18 bits per heavy atom. The molecule has 0 atom stereocenters. The molecule has 0 radical (unpaired) electrons. The Bertz CT molecular complexity index is 802. The van der Waals surface area contributed by atoms with Crippen LogP contribution < -0.4 is 14.4 Å². The average Bonchev–Trinajstić information content (AvgIpc) is 2.98. The molecule has 7 nitrogen and oxygen atoms in total. The summed E-state index contributed by atoms with van der Waals surface area (Å²) in [5.74, 6) is 2.40. The Morgan fingerprint density at radius 3 is 3.09 bits per heavy atom. The van der Waals surface area contributed by atoms with E-state index < -0.39 is 0 Å². The van der Waals surface area contributed by atoms with E-state index in [1.807, 2.05) is 30.3 Å². The molecular formula is C15H15N5O2. The van der Waals surface area contributed by atoms with Crippen LogP contribution in [0.1, 0.15) is 5.82 Å². The summed E-state index contributed by atoms with van der Waals surface area (Å²) < 4.78 is 12.9. The fraction of sp³-hybridized carbons (Fsp3) is 0.267. The number of anilines is 1. The molecule has 0 unspecified atom stereocenters. The molecule has 7 heteroatoms. The minimum Gasteiger partial charge on any atom is -0.494 e. The second kappa shape index (κ2) is 5.18. The molecule has 0 bridgehead atoms. The van der Waals surface area contributed by atoms with Crippen LogP contribution in [0.5, 0.6) is 11.5 Å². The van der Waals surface area contributed by atoms with Crippen molar-refractivity contribution in [1.82, 2.24) is 19.8 Å². The molecule has 0 aliphatic carbocycles. The average molecular weight is 297 g/mol. The van der Waals surface area contributed by atoms with E-state index in [1.54, 1.807) is 17.8 Å². The van der Waals surface area contributed by atoms with E-state index in [0.29, 0.717) is 13.2 Å². The molecular weight excluding hydrogens is 282 g/mol. The SMILES string of the molecule is COc1cccc2c1N(Cc1nnc3cccnn13)CCO2. The molecule has 1 aliphatic rings. The number of hydrogen-bond acceptors (Lipinski definition) is 6. The fourth-order valence-electron chi connectivity index (χ4n) is 2.69. The third-order valence-electron chi connectivity index (χ3n) is 3.69. The van der Waals surface area contributed by atoms with Crippen molar-refractivity contribution >= 4 is 11.3 Å². The molecule has 0 saturated heterocycles. The highest BCUT2D eigenvalue weighted by atomic mass is 16.5. The summed E-state index contributed by atoms with van der Waals surface area (Å²) in [5.41, 5.74) is 1.69. The van der Waals surface area contributed by atoms with E-state index in [0.717, 1.165) is 35.2 Å². The maximum atomic E-state index is 5.72. The van der Waals surface area contributed by atoms with Gasteiger partial charge in [-0.05, 0) is 24.3 Å². The monoisotopic (exact) mass is 297 g/mol. The molecule has 0 saturated carbocycles. The zero-order valence-electron chi connectivity index (χ0n) is 12.1. The van der Waals surface area contributed by atoms with Crippen LogP contribution in [0.25, 0.3) is 5.65 Å². The number of hydrogen-bond donors (Lipinski definition) is 0. The van der Waals surface area contributed by atoms with Crippen LogP contribution in [-0.2, 0) is 6.54 Å². The van der Waals surface area contributed by atoms with Crippen molar-refractivity contribution < 1.29 is 9.47 Å². The first-order valence-corrected chi connectivity index (χ1v) is 7.07.